The van der Waals surface area contributed by atoms with Crippen molar-refractivity contribution in [3.05, 3.63) is 55.8 Å². The molecular formula is C16H8BrCl2N3S. The van der Waals surface area contributed by atoms with Gasteiger partial charge in [-0.1, -0.05) is 23.2 Å². The van der Waals surface area contributed by atoms with Crippen LogP contribution in [0.2, 0.25) is 10.0 Å². The zero-order chi connectivity index (χ0) is 16.6. The highest BCUT2D eigenvalue weighted by atomic mass is 79.9. The number of hydrogen-bond donors (Lipinski definition) is 1. The predicted molar refractivity (Wildman–Crippen MR) is 99.8 cm³/mol. The summed E-state index contributed by atoms with van der Waals surface area (Å²) < 4.78 is 0.967. The molecule has 0 fully saturated rings. The summed E-state index contributed by atoms with van der Waals surface area (Å²) in [7, 11) is 0. The van der Waals surface area contributed by atoms with E-state index in [0.29, 0.717) is 26.9 Å². The van der Waals surface area contributed by atoms with Crippen LogP contribution in [0.5, 0.6) is 0 Å². The molecule has 3 aromatic rings. The molecule has 7 heteroatoms. The molecule has 2 heterocycles. The number of hydrogen-bond acceptors (Lipinski definition) is 4. The van der Waals surface area contributed by atoms with Crippen LogP contribution in [0.3, 0.4) is 0 Å². The van der Waals surface area contributed by atoms with Gasteiger partial charge in [0.15, 0.2) is 0 Å². The molecule has 0 amide bonds. The van der Waals surface area contributed by atoms with Gasteiger partial charge in [-0.15, -0.1) is 11.3 Å². The normalized spacial score (nSPS) is 10.5. The third-order valence-corrected chi connectivity index (χ3v) is 5.42. The number of benzene rings is 1. The van der Waals surface area contributed by atoms with Crippen LogP contribution in [-0.2, 0) is 0 Å². The van der Waals surface area contributed by atoms with Gasteiger partial charge in [-0.3, -0.25) is 0 Å². The van der Waals surface area contributed by atoms with E-state index in [9.17, 15) is 5.26 Å². The van der Waals surface area contributed by atoms with Crippen molar-refractivity contribution < 1.29 is 0 Å². The Morgan fingerprint density at radius 1 is 1.13 bits per heavy atom. The fourth-order valence-corrected chi connectivity index (χ4v) is 3.96. The molecule has 23 heavy (non-hydrogen) atoms. The zero-order valence-electron chi connectivity index (χ0n) is 11.5. The van der Waals surface area contributed by atoms with E-state index in [4.69, 9.17) is 28.9 Å². The van der Waals surface area contributed by atoms with Crippen LogP contribution >= 0.6 is 50.5 Å². The van der Waals surface area contributed by atoms with E-state index in [2.05, 4.69) is 27.0 Å². The SMILES string of the molecule is N#Cc1c(-c2ccc(Br)s2)cc(-c2cc(Cl)ccc2Cl)nc1N. The smallest absolute Gasteiger partial charge is 0.142 e. The third-order valence-electron chi connectivity index (χ3n) is 3.20. The van der Waals surface area contributed by atoms with Gasteiger partial charge in [0.25, 0.3) is 0 Å². The monoisotopic (exact) mass is 423 g/mol. The Hall–Kier alpha value is -1.58. The van der Waals surface area contributed by atoms with Gasteiger partial charge >= 0.3 is 0 Å². The Bertz CT molecular complexity index is 947. The first-order chi connectivity index (χ1) is 11.0. The molecule has 3 rings (SSSR count). The van der Waals surface area contributed by atoms with Gasteiger partial charge in [0, 0.05) is 21.0 Å². The Kier molecular flexibility index (Phi) is 4.60. The minimum absolute atomic E-state index is 0.167. The van der Waals surface area contributed by atoms with E-state index in [1.807, 2.05) is 18.2 Å². The second-order valence-corrected chi connectivity index (χ2v) is 7.96. The number of pyridine rings is 1. The molecule has 0 spiro atoms. The van der Waals surface area contributed by atoms with Gasteiger partial charge < -0.3 is 5.73 Å². The lowest BCUT2D eigenvalue weighted by atomic mass is 10.0. The third kappa shape index (κ3) is 3.22. The number of rotatable bonds is 2. The Morgan fingerprint density at radius 2 is 1.91 bits per heavy atom. The maximum Gasteiger partial charge on any atom is 0.142 e. The van der Waals surface area contributed by atoms with Crippen LogP contribution in [0, 0.1) is 11.3 Å². The molecule has 114 valence electrons. The van der Waals surface area contributed by atoms with Crippen LogP contribution in [0.15, 0.2) is 40.2 Å². The number of nitrogens with zero attached hydrogens (tertiary/aromatic N) is 2. The van der Waals surface area contributed by atoms with Gasteiger partial charge in [-0.05, 0) is 52.3 Å². The van der Waals surface area contributed by atoms with Gasteiger partial charge in [0.2, 0.25) is 0 Å². The van der Waals surface area contributed by atoms with Crippen LogP contribution in [0.1, 0.15) is 5.56 Å². The fraction of sp³-hybridized carbons (Fsp3) is 0. The summed E-state index contributed by atoms with van der Waals surface area (Å²) in [6.45, 7) is 0. The van der Waals surface area contributed by atoms with Crippen molar-refractivity contribution in [3.8, 4) is 27.8 Å². The fourth-order valence-electron chi connectivity index (χ4n) is 2.17. The molecule has 0 aliphatic heterocycles. The Labute approximate surface area is 155 Å². The first-order valence-corrected chi connectivity index (χ1v) is 8.78. The number of halogens is 3. The quantitative estimate of drug-likeness (QED) is 0.548. The summed E-state index contributed by atoms with van der Waals surface area (Å²) in [6, 6.07) is 12.9. The van der Waals surface area contributed by atoms with Crippen LogP contribution in [0.4, 0.5) is 5.82 Å². The van der Waals surface area contributed by atoms with Gasteiger partial charge in [-0.25, -0.2) is 4.98 Å². The second kappa shape index (κ2) is 6.50. The Morgan fingerprint density at radius 3 is 2.57 bits per heavy atom. The summed E-state index contributed by atoms with van der Waals surface area (Å²) >= 11 is 17.2. The van der Waals surface area contributed by atoms with Crippen molar-refractivity contribution in [1.29, 1.82) is 5.26 Å². The molecule has 3 nitrogen and oxygen atoms in total. The van der Waals surface area contributed by atoms with Gasteiger partial charge in [0.1, 0.15) is 17.5 Å². The molecule has 0 saturated heterocycles. The minimum Gasteiger partial charge on any atom is -0.383 e. The predicted octanol–water partition coefficient (Wildman–Crippen LogP) is 6.00. The highest BCUT2D eigenvalue weighted by Crippen LogP contribution is 2.38. The van der Waals surface area contributed by atoms with Crippen molar-refractivity contribution in [1.82, 2.24) is 4.98 Å². The first-order valence-electron chi connectivity index (χ1n) is 6.41. The lowest BCUT2D eigenvalue weighted by Gasteiger charge is -2.10. The molecular weight excluding hydrogens is 417 g/mol. The second-order valence-electron chi connectivity index (χ2n) is 4.66. The lowest BCUT2D eigenvalue weighted by Crippen LogP contribution is -1.99. The summed E-state index contributed by atoms with van der Waals surface area (Å²) in [5, 5.41) is 10.5. The summed E-state index contributed by atoms with van der Waals surface area (Å²) in [5.74, 6) is 0.167. The largest absolute Gasteiger partial charge is 0.383 e. The number of nitriles is 1. The summed E-state index contributed by atoms with van der Waals surface area (Å²) in [5.41, 5.74) is 8.31. The molecule has 0 aliphatic carbocycles. The molecule has 2 aromatic heterocycles. The van der Waals surface area contributed by atoms with Crippen LogP contribution in [0.25, 0.3) is 21.7 Å². The maximum absolute atomic E-state index is 9.40. The summed E-state index contributed by atoms with van der Waals surface area (Å²) in [6.07, 6.45) is 0. The molecule has 0 aliphatic rings. The standard InChI is InChI=1S/C16H8BrCl2N3S/c17-15-4-3-14(23-15)9-6-13(22-16(21)11(9)7-20)10-5-8(18)1-2-12(10)19/h1-6H,(H2,21,22). The van der Waals surface area contributed by atoms with Crippen LogP contribution < -0.4 is 5.73 Å². The Balaban J connectivity index is 2.27. The molecule has 0 unspecified atom stereocenters. The number of nitrogen functional groups attached to an aromatic ring is 1. The van der Waals surface area contributed by atoms with Crippen LogP contribution in [-0.4, -0.2) is 4.98 Å². The van der Waals surface area contributed by atoms with Crippen molar-refractivity contribution >= 4 is 56.3 Å². The van der Waals surface area contributed by atoms with E-state index >= 15 is 0 Å². The number of anilines is 1. The van der Waals surface area contributed by atoms with Crippen molar-refractivity contribution in [3.63, 3.8) is 0 Å². The highest BCUT2D eigenvalue weighted by Gasteiger charge is 2.16. The average molecular weight is 425 g/mol. The first kappa shape index (κ1) is 16.3. The van der Waals surface area contributed by atoms with E-state index in [-0.39, 0.29) is 5.82 Å². The zero-order valence-corrected chi connectivity index (χ0v) is 15.4. The van der Waals surface area contributed by atoms with Gasteiger partial charge in [-0.2, -0.15) is 5.26 Å². The molecule has 2 N–H and O–H groups in total. The molecule has 0 atom stereocenters. The molecule has 1 aromatic carbocycles. The molecule has 0 saturated carbocycles. The minimum atomic E-state index is 0.167. The van der Waals surface area contributed by atoms with E-state index < -0.39 is 0 Å². The molecule has 0 radical (unpaired) electrons. The number of aromatic nitrogens is 1. The lowest BCUT2D eigenvalue weighted by molar-refractivity contribution is 1.31. The van der Waals surface area contributed by atoms with Gasteiger partial charge in [0.05, 0.1) is 14.5 Å². The summed E-state index contributed by atoms with van der Waals surface area (Å²) in [4.78, 5) is 5.23. The molecule has 0 bridgehead atoms. The van der Waals surface area contributed by atoms with E-state index in [0.717, 1.165) is 14.2 Å². The van der Waals surface area contributed by atoms with Crippen molar-refractivity contribution in [2.24, 2.45) is 0 Å². The van der Waals surface area contributed by atoms with Crippen molar-refractivity contribution in [2.45, 2.75) is 0 Å². The van der Waals surface area contributed by atoms with E-state index in [1.165, 1.54) is 11.3 Å². The maximum atomic E-state index is 9.40. The topological polar surface area (TPSA) is 62.7 Å². The number of thiophene rings is 1. The van der Waals surface area contributed by atoms with Crippen molar-refractivity contribution in [2.75, 3.05) is 5.73 Å². The highest BCUT2D eigenvalue weighted by molar-refractivity contribution is 9.11. The number of nitrogens with two attached hydrogens (primary N) is 1. The average Bonchev–Trinajstić information content (AvgIpc) is 2.95. The van der Waals surface area contributed by atoms with E-state index in [1.54, 1.807) is 18.2 Å².